The van der Waals surface area contributed by atoms with Gasteiger partial charge in [0.1, 0.15) is 5.82 Å². The lowest BCUT2D eigenvalue weighted by Gasteiger charge is -2.05. The summed E-state index contributed by atoms with van der Waals surface area (Å²) < 4.78 is 19.3. The summed E-state index contributed by atoms with van der Waals surface area (Å²) in [5, 5.41) is 7.62. The second-order valence-electron chi connectivity index (χ2n) is 4.03. The molecule has 2 heterocycles. The molecule has 4 nitrogen and oxygen atoms in total. The summed E-state index contributed by atoms with van der Waals surface area (Å²) >= 11 is 7.10. The highest BCUT2D eigenvalue weighted by Crippen LogP contribution is 2.26. The molecule has 0 atom stereocenters. The fraction of sp³-hybridized carbons (Fsp3) is 0.167. The summed E-state index contributed by atoms with van der Waals surface area (Å²) in [6.07, 6.45) is 1.67. The van der Waals surface area contributed by atoms with Gasteiger partial charge in [0.15, 0.2) is 10.0 Å². The van der Waals surface area contributed by atoms with Crippen LogP contribution in [0, 0.1) is 12.7 Å². The van der Waals surface area contributed by atoms with E-state index in [-0.39, 0.29) is 5.82 Å². The average molecular weight is 298 g/mol. The molecule has 0 saturated heterocycles. The maximum absolute atomic E-state index is 13.8. The third kappa shape index (κ3) is 2.41. The summed E-state index contributed by atoms with van der Waals surface area (Å²) in [6.45, 7) is 2.29. The van der Waals surface area contributed by atoms with E-state index in [1.165, 1.54) is 17.4 Å². The molecule has 7 heteroatoms. The van der Waals surface area contributed by atoms with Crippen LogP contribution in [0.1, 0.15) is 10.6 Å². The molecular formula is C12H9ClFN3OS. The summed E-state index contributed by atoms with van der Waals surface area (Å²) in [4.78, 5) is 4.87. The molecule has 0 radical (unpaired) electrons. The zero-order valence-corrected chi connectivity index (χ0v) is 11.5. The topological polar surface area (TPSA) is 51.0 Å². The van der Waals surface area contributed by atoms with Gasteiger partial charge in [-0.3, -0.25) is 0 Å². The van der Waals surface area contributed by atoms with Gasteiger partial charge in [-0.25, -0.2) is 9.37 Å². The van der Waals surface area contributed by atoms with Gasteiger partial charge in [-0.2, -0.15) is 0 Å². The number of aryl methyl sites for hydroxylation is 1. The van der Waals surface area contributed by atoms with Gasteiger partial charge in [0, 0.05) is 22.5 Å². The zero-order valence-electron chi connectivity index (χ0n) is 9.91. The summed E-state index contributed by atoms with van der Waals surface area (Å²) in [5.41, 5.74) is 1.59. The van der Waals surface area contributed by atoms with E-state index < -0.39 is 0 Å². The minimum atomic E-state index is -0.376. The fourth-order valence-electron chi connectivity index (χ4n) is 1.76. The minimum Gasteiger partial charge on any atom is -0.378 e. The molecule has 0 saturated carbocycles. The number of thiazole rings is 1. The number of aromatic nitrogens is 2. The third-order valence-corrected chi connectivity index (χ3v) is 3.83. The highest BCUT2D eigenvalue weighted by molar-refractivity contribution is 7.15. The molecule has 3 rings (SSSR count). The normalized spacial score (nSPS) is 11.1. The number of halogens is 2. The van der Waals surface area contributed by atoms with Crippen LogP contribution in [-0.4, -0.2) is 10.1 Å². The van der Waals surface area contributed by atoms with Gasteiger partial charge in [-0.1, -0.05) is 16.8 Å². The molecule has 0 amide bonds. The van der Waals surface area contributed by atoms with Crippen molar-refractivity contribution in [3.05, 3.63) is 39.2 Å². The van der Waals surface area contributed by atoms with Crippen LogP contribution in [-0.2, 0) is 6.54 Å². The number of fused-ring (bicyclic) bond motifs is 1. The van der Waals surface area contributed by atoms with Crippen molar-refractivity contribution in [2.24, 2.45) is 0 Å². The first-order chi connectivity index (χ1) is 9.13. The monoisotopic (exact) mass is 297 g/mol. The van der Waals surface area contributed by atoms with Crippen LogP contribution in [0.25, 0.3) is 11.0 Å². The van der Waals surface area contributed by atoms with Crippen LogP contribution in [0.5, 0.6) is 0 Å². The minimum absolute atomic E-state index is 0.376. The molecule has 0 bridgehead atoms. The maximum Gasteiger partial charge on any atom is 0.183 e. The lowest BCUT2D eigenvalue weighted by Crippen LogP contribution is -1.99. The molecule has 19 heavy (non-hydrogen) atoms. The van der Waals surface area contributed by atoms with E-state index in [1.807, 2.05) is 6.92 Å². The first kappa shape index (κ1) is 12.4. The third-order valence-electron chi connectivity index (χ3n) is 2.72. The van der Waals surface area contributed by atoms with Gasteiger partial charge in [0.05, 0.1) is 17.9 Å². The quantitative estimate of drug-likeness (QED) is 0.794. The number of hydrogen-bond acceptors (Lipinski definition) is 5. The van der Waals surface area contributed by atoms with Gasteiger partial charge < -0.3 is 9.84 Å². The van der Waals surface area contributed by atoms with Gasteiger partial charge in [-0.05, 0) is 13.0 Å². The van der Waals surface area contributed by atoms with Crippen LogP contribution in [0.4, 0.5) is 10.1 Å². The molecule has 0 unspecified atom stereocenters. The maximum atomic E-state index is 13.8. The Kier molecular flexibility index (Phi) is 3.12. The largest absolute Gasteiger partial charge is 0.378 e. The molecule has 1 aromatic carbocycles. The predicted octanol–water partition coefficient (Wildman–Crippen LogP) is 4.00. The number of nitrogens with one attached hydrogen (secondary N) is 1. The standard InChI is InChI=1S/C12H9ClFN3OS/c1-6-8-2-10(9(14)3-11(8)18-17-6)15-4-7-5-16-12(13)19-7/h2-3,5,15H,4H2,1H3. The lowest BCUT2D eigenvalue weighted by atomic mass is 10.2. The van der Waals surface area contributed by atoms with Crippen molar-refractivity contribution in [2.75, 3.05) is 5.32 Å². The highest BCUT2D eigenvalue weighted by atomic mass is 35.5. The molecule has 3 aromatic rings. The van der Waals surface area contributed by atoms with Gasteiger partial charge in [0.25, 0.3) is 0 Å². The van der Waals surface area contributed by atoms with Crippen molar-refractivity contribution in [2.45, 2.75) is 13.5 Å². The number of nitrogens with zero attached hydrogens (tertiary/aromatic N) is 2. The average Bonchev–Trinajstić information content (AvgIpc) is 2.94. The smallest absolute Gasteiger partial charge is 0.183 e. The van der Waals surface area contributed by atoms with E-state index >= 15 is 0 Å². The molecule has 0 aliphatic heterocycles. The fourth-order valence-corrected chi connectivity index (χ4v) is 2.68. The number of hydrogen-bond donors (Lipinski definition) is 1. The zero-order chi connectivity index (χ0) is 13.4. The van der Waals surface area contributed by atoms with E-state index in [2.05, 4.69) is 15.5 Å². The van der Waals surface area contributed by atoms with E-state index in [9.17, 15) is 4.39 Å². The molecular weight excluding hydrogens is 289 g/mol. The number of rotatable bonds is 3. The van der Waals surface area contributed by atoms with Crippen molar-refractivity contribution in [3.8, 4) is 0 Å². The summed E-state index contributed by atoms with van der Waals surface area (Å²) in [5.74, 6) is -0.376. The van der Waals surface area contributed by atoms with E-state index in [4.69, 9.17) is 16.1 Å². The molecule has 2 aromatic heterocycles. The van der Waals surface area contributed by atoms with Crippen LogP contribution >= 0.6 is 22.9 Å². The molecule has 0 fully saturated rings. The van der Waals surface area contributed by atoms with Crippen LogP contribution in [0.2, 0.25) is 4.47 Å². The van der Waals surface area contributed by atoms with Crippen molar-refractivity contribution in [1.82, 2.24) is 10.1 Å². The van der Waals surface area contributed by atoms with Crippen LogP contribution < -0.4 is 5.32 Å². The first-order valence-electron chi connectivity index (χ1n) is 5.53. The van der Waals surface area contributed by atoms with E-state index in [0.29, 0.717) is 22.3 Å². The van der Waals surface area contributed by atoms with Crippen molar-refractivity contribution >= 4 is 39.6 Å². The Labute approximate surface area is 117 Å². The van der Waals surface area contributed by atoms with Crippen molar-refractivity contribution < 1.29 is 8.91 Å². The van der Waals surface area contributed by atoms with Gasteiger partial charge in [0.2, 0.25) is 0 Å². The van der Waals surface area contributed by atoms with Gasteiger partial charge in [-0.15, -0.1) is 11.3 Å². The van der Waals surface area contributed by atoms with E-state index in [1.54, 1.807) is 12.3 Å². The lowest BCUT2D eigenvalue weighted by molar-refractivity contribution is 0.449. The second-order valence-corrected chi connectivity index (χ2v) is 5.73. The number of benzene rings is 1. The van der Waals surface area contributed by atoms with Crippen molar-refractivity contribution in [3.63, 3.8) is 0 Å². The number of anilines is 1. The first-order valence-corrected chi connectivity index (χ1v) is 6.72. The SMILES string of the molecule is Cc1noc2cc(F)c(NCc3cnc(Cl)s3)cc12. The summed E-state index contributed by atoms with van der Waals surface area (Å²) in [7, 11) is 0. The molecule has 1 N–H and O–H groups in total. The van der Waals surface area contributed by atoms with Gasteiger partial charge >= 0.3 is 0 Å². The van der Waals surface area contributed by atoms with Crippen molar-refractivity contribution in [1.29, 1.82) is 0 Å². The molecule has 98 valence electrons. The highest BCUT2D eigenvalue weighted by Gasteiger charge is 2.10. The molecule has 0 aliphatic carbocycles. The Morgan fingerprint density at radius 3 is 3.05 bits per heavy atom. The van der Waals surface area contributed by atoms with Crippen LogP contribution in [0.15, 0.2) is 22.9 Å². The Morgan fingerprint density at radius 2 is 2.32 bits per heavy atom. The Balaban J connectivity index is 1.87. The Bertz CT molecular complexity index is 740. The van der Waals surface area contributed by atoms with E-state index in [0.717, 1.165) is 16.0 Å². The molecule has 0 aliphatic rings. The Hall–Kier alpha value is -1.66. The van der Waals surface area contributed by atoms with Crippen LogP contribution in [0.3, 0.4) is 0 Å². The predicted molar refractivity (Wildman–Crippen MR) is 73.2 cm³/mol. The summed E-state index contributed by atoms with van der Waals surface area (Å²) in [6, 6.07) is 3.02. The molecule has 0 spiro atoms. The Morgan fingerprint density at radius 1 is 1.47 bits per heavy atom. The second kappa shape index (κ2) is 4.79.